The number of fused-ring (bicyclic) bond motifs is 1. The van der Waals surface area contributed by atoms with Gasteiger partial charge in [0.1, 0.15) is 11.5 Å². The van der Waals surface area contributed by atoms with Gasteiger partial charge in [-0.05, 0) is 42.5 Å². The number of rotatable bonds is 4. The zero-order valence-corrected chi connectivity index (χ0v) is 13.5. The number of ether oxygens (including phenoxy) is 2. The molecule has 0 saturated heterocycles. The predicted octanol–water partition coefficient (Wildman–Crippen LogP) is 3.51. The zero-order valence-electron chi connectivity index (χ0n) is 13.5. The molecule has 0 heterocycles. The fourth-order valence-corrected chi connectivity index (χ4v) is 3.13. The van der Waals surface area contributed by atoms with Crippen molar-refractivity contribution >= 4 is 5.91 Å². The van der Waals surface area contributed by atoms with E-state index in [9.17, 15) is 4.79 Å². The van der Waals surface area contributed by atoms with Crippen LogP contribution in [-0.2, 0) is 6.42 Å². The highest BCUT2D eigenvalue weighted by Crippen LogP contribution is 2.31. The molecule has 23 heavy (non-hydrogen) atoms. The van der Waals surface area contributed by atoms with Crippen LogP contribution >= 0.6 is 0 Å². The lowest BCUT2D eigenvalue weighted by Gasteiger charge is -2.26. The second-order valence-corrected chi connectivity index (χ2v) is 5.68. The van der Waals surface area contributed by atoms with Gasteiger partial charge in [-0.15, -0.1) is 0 Å². The average Bonchev–Trinajstić information content (AvgIpc) is 2.61. The first kappa shape index (κ1) is 15.4. The minimum atomic E-state index is -0.119. The minimum Gasteiger partial charge on any atom is -0.497 e. The van der Waals surface area contributed by atoms with E-state index in [0.717, 1.165) is 19.3 Å². The summed E-state index contributed by atoms with van der Waals surface area (Å²) < 4.78 is 10.5. The Kier molecular flexibility index (Phi) is 4.51. The normalized spacial score (nSPS) is 16.3. The van der Waals surface area contributed by atoms with Gasteiger partial charge in [0.25, 0.3) is 5.91 Å². The first-order chi connectivity index (χ1) is 11.2. The number of benzene rings is 2. The highest BCUT2D eigenvalue weighted by molar-refractivity contribution is 5.97. The largest absolute Gasteiger partial charge is 0.497 e. The van der Waals surface area contributed by atoms with Crippen molar-refractivity contribution in [3.05, 3.63) is 59.2 Å². The number of carbonyl (C=O) groups is 1. The van der Waals surface area contributed by atoms with E-state index >= 15 is 0 Å². The molecule has 2 aromatic rings. The molecular formula is C19H21NO3. The van der Waals surface area contributed by atoms with E-state index in [1.807, 2.05) is 6.07 Å². The summed E-state index contributed by atoms with van der Waals surface area (Å²) >= 11 is 0. The average molecular weight is 311 g/mol. The van der Waals surface area contributed by atoms with E-state index in [1.54, 1.807) is 32.4 Å². The third-order valence-corrected chi connectivity index (χ3v) is 4.33. The van der Waals surface area contributed by atoms with Crippen molar-refractivity contribution < 1.29 is 14.3 Å². The van der Waals surface area contributed by atoms with Crippen LogP contribution in [0.4, 0.5) is 0 Å². The van der Waals surface area contributed by atoms with Crippen molar-refractivity contribution in [2.45, 2.75) is 25.3 Å². The highest BCUT2D eigenvalue weighted by atomic mass is 16.5. The fourth-order valence-electron chi connectivity index (χ4n) is 3.13. The van der Waals surface area contributed by atoms with Crippen LogP contribution in [0.2, 0.25) is 0 Å². The van der Waals surface area contributed by atoms with Gasteiger partial charge in [-0.2, -0.15) is 0 Å². The molecule has 0 radical (unpaired) electrons. The van der Waals surface area contributed by atoms with Crippen LogP contribution in [0, 0.1) is 0 Å². The lowest BCUT2D eigenvalue weighted by atomic mass is 9.87. The third-order valence-electron chi connectivity index (χ3n) is 4.33. The molecule has 1 amide bonds. The highest BCUT2D eigenvalue weighted by Gasteiger charge is 2.23. The molecule has 0 bridgehead atoms. The maximum atomic E-state index is 12.7. The van der Waals surface area contributed by atoms with E-state index in [4.69, 9.17) is 9.47 Å². The Bertz CT molecular complexity index is 712. The van der Waals surface area contributed by atoms with Gasteiger partial charge in [-0.3, -0.25) is 4.79 Å². The molecule has 4 heteroatoms. The maximum Gasteiger partial charge on any atom is 0.255 e. The summed E-state index contributed by atoms with van der Waals surface area (Å²) in [5.41, 5.74) is 3.07. The Morgan fingerprint density at radius 2 is 1.96 bits per heavy atom. The van der Waals surface area contributed by atoms with E-state index in [2.05, 4.69) is 23.5 Å². The molecule has 0 unspecified atom stereocenters. The van der Waals surface area contributed by atoms with Crippen LogP contribution in [-0.4, -0.2) is 20.1 Å². The van der Waals surface area contributed by atoms with Crippen molar-refractivity contribution in [3.63, 3.8) is 0 Å². The van der Waals surface area contributed by atoms with Crippen LogP contribution in [0.5, 0.6) is 11.5 Å². The van der Waals surface area contributed by atoms with Crippen molar-refractivity contribution in [2.24, 2.45) is 0 Å². The number of hydrogen-bond acceptors (Lipinski definition) is 3. The molecule has 1 N–H and O–H groups in total. The molecule has 120 valence electrons. The molecule has 0 aromatic heterocycles. The first-order valence-corrected chi connectivity index (χ1v) is 7.83. The van der Waals surface area contributed by atoms with Crippen molar-refractivity contribution in [1.29, 1.82) is 0 Å². The molecule has 0 saturated carbocycles. The van der Waals surface area contributed by atoms with Crippen molar-refractivity contribution in [1.82, 2.24) is 5.32 Å². The van der Waals surface area contributed by atoms with E-state index < -0.39 is 0 Å². The Labute approximate surface area is 136 Å². The molecule has 3 rings (SSSR count). The van der Waals surface area contributed by atoms with Crippen LogP contribution in [0.15, 0.2) is 42.5 Å². The lowest BCUT2D eigenvalue weighted by Crippen LogP contribution is -2.31. The predicted molar refractivity (Wildman–Crippen MR) is 89.1 cm³/mol. The quantitative estimate of drug-likeness (QED) is 0.940. The Hall–Kier alpha value is -2.49. The van der Waals surface area contributed by atoms with Gasteiger partial charge < -0.3 is 14.8 Å². The number of carbonyl (C=O) groups excluding carboxylic acids is 1. The van der Waals surface area contributed by atoms with Crippen LogP contribution < -0.4 is 14.8 Å². The number of hydrogen-bond donors (Lipinski definition) is 1. The lowest BCUT2D eigenvalue weighted by molar-refractivity contribution is 0.0929. The summed E-state index contributed by atoms with van der Waals surface area (Å²) in [4.78, 5) is 12.7. The molecule has 0 fully saturated rings. The maximum absolute atomic E-state index is 12.7. The van der Waals surface area contributed by atoms with Crippen molar-refractivity contribution in [3.8, 4) is 11.5 Å². The smallest absolute Gasteiger partial charge is 0.255 e. The number of nitrogens with one attached hydrogen (secondary N) is 1. The van der Waals surface area contributed by atoms with E-state index in [1.165, 1.54) is 11.1 Å². The first-order valence-electron chi connectivity index (χ1n) is 7.83. The van der Waals surface area contributed by atoms with Gasteiger partial charge in [-0.25, -0.2) is 0 Å². The summed E-state index contributed by atoms with van der Waals surface area (Å²) in [6.07, 6.45) is 3.12. The Morgan fingerprint density at radius 1 is 1.13 bits per heavy atom. The summed E-state index contributed by atoms with van der Waals surface area (Å²) in [5, 5.41) is 3.14. The number of amides is 1. The second kappa shape index (κ2) is 6.73. The minimum absolute atomic E-state index is 0.0549. The molecule has 1 aliphatic rings. The molecule has 1 atom stereocenters. The Morgan fingerprint density at radius 3 is 2.74 bits per heavy atom. The van der Waals surface area contributed by atoms with E-state index in [-0.39, 0.29) is 11.9 Å². The topological polar surface area (TPSA) is 47.6 Å². The third kappa shape index (κ3) is 3.16. The molecule has 2 aromatic carbocycles. The Balaban J connectivity index is 1.83. The number of methoxy groups -OCH3 is 2. The molecule has 1 aliphatic carbocycles. The van der Waals surface area contributed by atoms with Gasteiger partial charge >= 0.3 is 0 Å². The van der Waals surface area contributed by atoms with Crippen molar-refractivity contribution in [2.75, 3.05) is 14.2 Å². The van der Waals surface area contributed by atoms with Gasteiger partial charge in [0.05, 0.1) is 25.8 Å². The molecule has 0 aliphatic heterocycles. The summed E-state index contributed by atoms with van der Waals surface area (Å²) in [6.45, 7) is 0. The van der Waals surface area contributed by atoms with E-state index in [0.29, 0.717) is 17.1 Å². The van der Waals surface area contributed by atoms with Gasteiger partial charge in [-0.1, -0.05) is 24.3 Å². The molecule has 4 nitrogen and oxygen atoms in total. The summed E-state index contributed by atoms with van der Waals surface area (Å²) in [6, 6.07) is 13.6. The molecule has 0 spiro atoms. The zero-order chi connectivity index (χ0) is 16.2. The van der Waals surface area contributed by atoms with Crippen LogP contribution in [0.1, 0.15) is 40.4 Å². The van der Waals surface area contributed by atoms with Gasteiger partial charge in [0, 0.05) is 6.07 Å². The standard InChI is InChI=1S/C19H21NO3/c1-22-14-10-11-16(18(12-14)23-2)19(21)20-17-9-5-7-13-6-3-4-8-15(13)17/h3-4,6,8,10-12,17H,5,7,9H2,1-2H3,(H,20,21)/t17-/m0/s1. The molecular weight excluding hydrogens is 290 g/mol. The SMILES string of the molecule is COc1ccc(C(=O)N[C@H]2CCCc3ccccc32)c(OC)c1. The van der Waals surface area contributed by atoms with Crippen LogP contribution in [0.3, 0.4) is 0 Å². The summed E-state index contributed by atoms with van der Waals surface area (Å²) in [5.74, 6) is 1.07. The second-order valence-electron chi connectivity index (χ2n) is 5.68. The number of aryl methyl sites for hydroxylation is 1. The van der Waals surface area contributed by atoms with Gasteiger partial charge in [0.15, 0.2) is 0 Å². The van der Waals surface area contributed by atoms with Gasteiger partial charge in [0.2, 0.25) is 0 Å². The monoisotopic (exact) mass is 311 g/mol. The summed E-state index contributed by atoms with van der Waals surface area (Å²) in [7, 11) is 3.15. The fraction of sp³-hybridized carbons (Fsp3) is 0.316. The van der Waals surface area contributed by atoms with Crippen LogP contribution in [0.25, 0.3) is 0 Å².